The van der Waals surface area contributed by atoms with E-state index in [-0.39, 0.29) is 18.1 Å². The lowest BCUT2D eigenvalue weighted by atomic mass is 10.2. The number of ether oxygens (including phenoxy) is 1. The highest BCUT2D eigenvalue weighted by Gasteiger charge is 2.09. The molecule has 0 amide bonds. The lowest BCUT2D eigenvalue weighted by Gasteiger charge is -2.09. The summed E-state index contributed by atoms with van der Waals surface area (Å²) in [7, 11) is 0. The van der Waals surface area contributed by atoms with Crippen LogP contribution in [-0.2, 0) is 0 Å². The molecule has 1 heterocycles. The average molecular weight is 265 g/mol. The zero-order valence-corrected chi connectivity index (χ0v) is 10.8. The fraction of sp³-hybridized carbons (Fsp3) is 0.250. The molecule has 0 saturated carbocycles. The van der Waals surface area contributed by atoms with Crippen LogP contribution in [0.25, 0.3) is 11.4 Å². The van der Waals surface area contributed by atoms with Crippen molar-refractivity contribution in [2.24, 2.45) is 0 Å². The lowest BCUT2D eigenvalue weighted by Crippen LogP contribution is -2.11. The first-order valence-corrected chi connectivity index (χ1v) is 5.86. The monoisotopic (exact) mass is 264 g/mol. The van der Waals surface area contributed by atoms with Gasteiger partial charge in [0.15, 0.2) is 5.82 Å². The van der Waals surface area contributed by atoms with Gasteiger partial charge in [0.2, 0.25) is 5.95 Å². The number of nitrogens with zero attached hydrogens (tertiary/aromatic N) is 3. The molecule has 18 heavy (non-hydrogen) atoms. The largest absolute Gasteiger partial charge is 0.461 e. The molecule has 94 valence electrons. The van der Waals surface area contributed by atoms with Crippen LogP contribution >= 0.6 is 11.6 Å². The number of aromatic nitrogens is 3. The zero-order valence-electron chi connectivity index (χ0n) is 10.1. The van der Waals surface area contributed by atoms with Crippen molar-refractivity contribution in [3.8, 4) is 17.4 Å². The molecule has 0 atom stereocenters. The van der Waals surface area contributed by atoms with Crippen molar-refractivity contribution in [3.05, 3.63) is 29.3 Å². The van der Waals surface area contributed by atoms with Crippen LogP contribution in [0.4, 0.5) is 5.95 Å². The van der Waals surface area contributed by atoms with Gasteiger partial charge in [0, 0.05) is 10.6 Å². The highest BCUT2D eigenvalue weighted by atomic mass is 35.5. The average Bonchev–Trinajstić information content (AvgIpc) is 2.27. The van der Waals surface area contributed by atoms with Crippen LogP contribution in [0.15, 0.2) is 24.3 Å². The van der Waals surface area contributed by atoms with Gasteiger partial charge in [-0.05, 0) is 26.0 Å². The first-order valence-electron chi connectivity index (χ1n) is 5.49. The summed E-state index contributed by atoms with van der Waals surface area (Å²) in [6.07, 6.45) is -0.0287. The normalized spacial score (nSPS) is 10.7. The first kappa shape index (κ1) is 12.6. The number of rotatable bonds is 3. The second-order valence-corrected chi connectivity index (χ2v) is 4.41. The van der Waals surface area contributed by atoms with Gasteiger partial charge >= 0.3 is 6.01 Å². The summed E-state index contributed by atoms with van der Waals surface area (Å²) < 4.78 is 5.41. The summed E-state index contributed by atoms with van der Waals surface area (Å²) in [5.41, 5.74) is 6.40. The predicted octanol–water partition coefficient (Wildman–Crippen LogP) is 2.56. The Morgan fingerprint density at radius 1 is 1.22 bits per heavy atom. The molecule has 2 rings (SSSR count). The van der Waals surface area contributed by atoms with Gasteiger partial charge in [0.25, 0.3) is 0 Å². The first-order chi connectivity index (χ1) is 8.54. The molecule has 0 fully saturated rings. The molecule has 0 aliphatic heterocycles. The molecule has 0 unspecified atom stereocenters. The lowest BCUT2D eigenvalue weighted by molar-refractivity contribution is 0.222. The second kappa shape index (κ2) is 5.18. The standard InChI is InChI=1S/C12H13ClN4O/c1-7(2)18-12-16-10(15-11(14)17-12)8-4-3-5-9(13)6-8/h3-7H,1-2H3,(H2,14,15,16,17). The van der Waals surface area contributed by atoms with Crippen LogP contribution in [-0.4, -0.2) is 21.1 Å². The maximum atomic E-state index is 5.92. The minimum absolute atomic E-state index is 0.0287. The van der Waals surface area contributed by atoms with E-state index in [9.17, 15) is 0 Å². The molecule has 5 nitrogen and oxygen atoms in total. The van der Waals surface area contributed by atoms with Crippen molar-refractivity contribution in [2.45, 2.75) is 20.0 Å². The van der Waals surface area contributed by atoms with E-state index < -0.39 is 0 Å². The second-order valence-electron chi connectivity index (χ2n) is 3.98. The molecule has 0 saturated heterocycles. The smallest absolute Gasteiger partial charge is 0.322 e. The van der Waals surface area contributed by atoms with Crippen molar-refractivity contribution >= 4 is 17.5 Å². The van der Waals surface area contributed by atoms with Gasteiger partial charge in [0.05, 0.1) is 6.10 Å². The van der Waals surface area contributed by atoms with Gasteiger partial charge in [-0.2, -0.15) is 15.0 Å². The van der Waals surface area contributed by atoms with Crippen molar-refractivity contribution in [3.63, 3.8) is 0 Å². The topological polar surface area (TPSA) is 73.9 Å². The Morgan fingerprint density at radius 2 is 2.00 bits per heavy atom. The zero-order chi connectivity index (χ0) is 13.1. The van der Waals surface area contributed by atoms with E-state index in [1.807, 2.05) is 26.0 Å². The highest BCUT2D eigenvalue weighted by molar-refractivity contribution is 6.30. The molecule has 6 heteroatoms. The van der Waals surface area contributed by atoms with E-state index in [1.54, 1.807) is 12.1 Å². The van der Waals surface area contributed by atoms with E-state index in [0.717, 1.165) is 5.56 Å². The summed E-state index contributed by atoms with van der Waals surface area (Å²) in [5.74, 6) is 0.566. The van der Waals surface area contributed by atoms with Crippen molar-refractivity contribution < 1.29 is 4.74 Å². The summed E-state index contributed by atoms with van der Waals surface area (Å²) in [5, 5.41) is 0.609. The minimum Gasteiger partial charge on any atom is -0.461 e. The van der Waals surface area contributed by atoms with E-state index >= 15 is 0 Å². The minimum atomic E-state index is -0.0287. The number of nitrogen functional groups attached to an aromatic ring is 1. The van der Waals surface area contributed by atoms with Gasteiger partial charge in [-0.3, -0.25) is 0 Å². The third-order valence-electron chi connectivity index (χ3n) is 2.06. The Bertz CT molecular complexity index is 560. The molecule has 1 aromatic carbocycles. The maximum absolute atomic E-state index is 5.92. The van der Waals surface area contributed by atoms with Crippen molar-refractivity contribution in [1.82, 2.24) is 15.0 Å². The highest BCUT2D eigenvalue weighted by Crippen LogP contribution is 2.21. The molecule has 0 radical (unpaired) electrons. The Morgan fingerprint density at radius 3 is 2.67 bits per heavy atom. The van der Waals surface area contributed by atoms with Gasteiger partial charge < -0.3 is 10.5 Å². The van der Waals surface area contributed by atoms with Crippen LogP contribution in [0.2, 0.25) is 5.02 Å². The summed E-state index contributed by atoms with van der Waals surface area (Å²) in [6, 6.07) is 7.42. The fourth-order valence-corrected chi connectivity index (χ4v) is 1.58. The molecule has 0 spiro atoms. The summed E-state index contributed by atoms with van der Waals surface area (Å²) in [6.45, 7) is 3.78. The number of halogens is 1. The Kier molecular flexibility index (Phi) is 3.62. The van der Waals surface area contributed by atoms with E-state index in [0.29, 0.717) is 10.8 Å². The number of anilines is 1. The molecule has 1 aromatic heterocycles. The van der Waals surface area contributed by atoms with Gasteiger partial charge in [-0.15, -0.1) is 0 Å². The van der Waals surface area contributed by atoms with E-state index in [4.69, 9.17) is 22.1 Å². The van der Waals surface area contributed by atoms with Gasteiger partial charge in [-0.25, -0.2) is 0 Å². The number of benzene rings is 1. The molecule has 0 bridgehead atoms. The van der Waals surface area contributed by atoms with E-state index in [2.05, 4.69) is 15.0 Å². The van der Waals surface area contributed by atoms with Crippen LogP contribution in [0.1, 0.15) is 13.8 Å². The molecule has 2 N–H and O–H groups in total. The predicted molar refractivity (Wildman–Crippen MR) is 70.4 cm³/mol. The maximum Gasteiger partial charge on any atom is 0.322 e. The third-order valence-corrected chi connectivity index (χ3v) is 2.29. The van der Waals surface area contributed by atoms with E-state index in [1.165, 1.54) is 0 Å². The van der Waals surface area contributed by atoms with Crippen molar-refractivity contribution in [2.75, 3.05) is 5.73 Å². The van der Waals surface area contributed by atoms with Crippen LogP contribution in [0.3, 0.4) is 0 Å². The van der Waals surface area contributed by atoms with Gasteiger partial charge in [-0.1, -0.05) is 23.7 Å². The quantitative estimate of drug-likeness (QED) is 0.922. The SMILES string of the molecule is CC(C)Oc1nc(N)nc(-c2cccc(Cl)c2)n1. The Hall–Kier alpha value is -1.88. The summed E-state index contributed by atoms with van der Waals surface area (Å²) >= 11 is 5.92. The fourth-order valence-electron chi connectivity index (χ4n) is 1.39. The summed E-state index contributed by atoms with van der Waals surface area (Å²) in [4.78, 5) is 12.2. The Balaban J connectivity index is 2.41. The third kappa shape index (κ3) is 3.07. The van der Waals surface area contributed by atoms with Crippen LogP contribution in [0, 0.1) is 0 Å². The van der Waals surface area contributed by atoms with Crippen LogP contribution < -0.4 is 10.5 Å². The molecule has 0 aliphatic rings. The van der Waals surface area contributed by atoms with Crippen LogP contribution in [0.5, 0.6) is 6.01 Å². The Labute approximate surface area is 110 Å². The molecule has 0 aliphatic carbocycles. The molecule has 2 aromatic rings. The number of hydrogen-bond donors (Lipinski definition) is 1. The number of nitrogens with two attached hydrogens (primary N) is 1. The molecular formula is C12H13ClN4O. The van der Waals surface area contributed by atoms with Crippen molar-refractivity contribution in [1.29, 1.82) is 0 Å². The molecular weight excluding hydrogens is 252 g/mol. The van der Waals surface area contributed by atoms with Gasteiger partial charge in [0.1, 0.15) is 0 Å². The number of hydrogen-bond acceptors (Lipinski definition) is 5.